The molecule has 0 radical (unpaired) electrons. The van der Waals surface area contributed by atoms with Crippen LogP contribution in [0.25, 0.3) is 11.3 Å². The summed E-state index contributed by atoms with van der Waals surface area (Å²) in [5.74, 6) is 0.862. The number of nitrogens with zero attached hydrogens (tertiary/aromatic N) is 2. The molecule has 0 amide bonds. The molecule has 2 rings (SSSR count). The van der Waals surface area contributed by atoms with Crippen molar-refractivity contribution in [2.45, 2.75) is 25.6 Å². The molecule has 16 heavy (non-hydrogen) atoms. The zero-order valence-electron chi connectivity index (χ0n) is 9.37. The lowest BCUT2D eigenvalue weighted by atomic mass is 10.0. The lowest BCUT2D eigenvalue weighted by molar-refractivity contribution is 0.803. The van der Waals surface area contributed by atoms with Crippen molar-refractivity contribution < 1.29 is 0 Å². The highest BCUT2D eigenvalue weighted by molar-refractivity contribution is 6.17. The minimum absolute atomic E-state index is 0.395. The van der Waals surface area contributed by atoms with Crippen molar-refractivity contribution in [2.75, 3.05) is 0 Å². The highest BCUT2D eigenvalue weighted by atomic mass is 35.5. The SMILES string of the molecule is CC(C)c1[nH]nc(-c2cccnc2)c1CCl. The van der Waals surface area contributed by atoms with Crippen LogP contribution in [0, 0.1) is 0 Å². The Morgan fingerprint density at radius 3 is 2.81 bits per heavy atom. The van der Waals surface area contributed by atoms with Crippen LogP contribution in [0.5, 0.6) is 0 Å². The summed E-state index contributed by atoms with van der Waals surface area (Å²) >= 11 is 5.99. The minimum atomic E-state index is 0.395. The average Bonchev–Trinajstić information content (AvgIpc) is 2.73. The number of hydrogen-bond acceptors (Lipinski definition) is 2. The van der Waals surface area contributed by atoms with Crippen LogP contribution in [0.4, 0.5) is 0 Å². The molecule has 2 aromatic heterocycles. The number of aromatic amines is 1. The Labute approximate surface area is 99.9 Å². The summed E-state index contributed by atoms with van der Waals surface area (Å²) in [6.45, 7) is 4.24. The van der Waals surface area contributed by atoms with E-state index in [1.54, 1.807) is 12.4 Å². The van der Waals surface area contributed by atoms with Crippen molar-refractivity contribution >= 4 is 11.6 Å². The molecule has 0 saturated heterocycles. The number of hydrogen-bond donors (Lipinski definition) is 1. The van der Waals surface area contributed by atoms with Gasteiger partial charge < -0.3 is 0 Å². The first-order valence-electron chi connectivity index (χ1n) is 5.27. The molecule has 0 fully saturated rings. The van der Waals surface area contributed by atoms with E-state index in [2.05, 4.69) is 29.0 Å². The van der Waals surface area contributed by atoms with Gasteiger partial charge in [-0.15, -0.1) is 11.6 Å². The van der Waals surface area contributed by atoms with Crippen molar-refractivity contribution in [3.63, 3.8) is 0 Å². The molecular weight excluding hydrogens is 222 g/mol. The number of pyridine rings is 1. The van der Waals surface area contributed by atoms with Gasteiger partial charge >= 0.3 is 0 Å². The van der Waals surface area contributed by atoms with Crippen LogP contribution in [-0.4, -0.2) is 15.2 Å². The van der Waals surface area contributed by atoms with Gasteiger partial charge in [-0.25, -0.2) is 0 Å². The summed E-state index contributed by atoms with van der Waals surface area (Å²) in [4.78, 5) is 4.09. The fourth-order valence-electron chi connectivity index (χ4n) is 1.73. The molecule has 0 atom stereocenters. The number of H-pyrrole nitrogens is 1. The molecule has 1 N–H and O–H groups in total. The van der Waals surface area contributed by atoms with E-state index >= 15 is 0 Å². The van der Waals surface area contributed by atoms with Crippen LogP contribution in [0.3, 0.4) is 0 Å². The Hall–Kier alpha value is -1.35. The Morgan fingerprint density at radius 1 is 1.44 bits per heavy atom. The zero-order chi connectivity index (χ0) is 11.5. The topological polar surface area (TPSA) is 41.6 Å². The van der Waals surface area contributed by atoms with Crippen LogP contribution in [0.2, 0.25) is 0 Å². The predicted octanol–water partition coefficient (Wildman–Crippen LogP) is 3.33. The largest absolute Gasteiger partial charge is 0.281 e. The molecule has 4 heteroatoms. The number of aromatic nitrogens is 3. The lowest BCUT2D eigenvalue weighted by Crippen LogP contribution is -1.92. The van der Waals surface area contributed by atoms with Gasteiger partial charge in [0.1, 0.15) is 0 Å². The number of rotatable bonds is 3. The second-order valence-electron chi connectivity index (χ2n) is 3.99. The van der Waals surface area contributed by atoms with Gasteiger partial charge in [-0.05, 0) is 18.1 Å². The third-order valence-corrected chi connectivity index (χ3v) is 2.81. The summed E-state index contributed by atoms with van der Waals surface area (Å²) in [5, 5.41) is 7.39. The number of alkyl halides is 1. The summed E-state index contributed by atoms with van der Waals surface area (Å²) in [6, 6.07) is 3.89. The van der Waals surface area contributed by atoms with Gasteiger partial charge in [-0.3, -0.25) is 10.1 Å². The van der Waals surface area contributed by atoms with Gasteiger partial charge in [0.25, 0.3) is 0 Å². The maximum absolute atomic E-state index is 5.99. The van der Waals surface area contributed by atoms with E-state index in [1.165, 1.54) is 0 Å². The monoisotopic (exact) mass is 235 g/mol. The summed E-state index contributed by atoms with van der Waals surface area (Å²) in [5.41, 5.74) is 4.09. The van der Waals surface area contributed by atoms with Crippen LogP contribution in [0.1, 0.15) is 31.0 Å². The molecule has 0 aliphatic heterocycles. The van der Waals surface area contributed by atoms with E-state index in [4.69, 9.17) is 11.6 Å². The maximum atomic E-state index is 5.99. The molecular formula is C12H14ClN3. The third-order valence-electron chi connectivity index (χ3n) is 2.55. The second-order valence-corrected chi connectivity index (χ2v) is 4.26. The van der Waals surface area contributed by atoms with Gasteiger partial charge in [0, 0.05) is 29.2 Å². The molecule has 0 aliphatic carbocycles. The molecule has 0 aromatic carbocycles. The highest BCUT2D eigenvalue weighted by Crippen LogP contribution is 2.28. The maximum Gasteiger partial charge on any atom is 0.0983 e. The van der Waals surface area contributed by atoms with E-state index < -0.39 is 0 Å². The second kappa shape index (κ2) is 4.66. The van der Waals surface area contributed by atoms with Crippen LogP contribution >= 0.6 is 11.6 Å². The summed E-state index contributed by atoms with van der Waals surface area (Å²) < 4.78 is 0. The van der Waals surface area contributed by atoms with Crippen molar-refractivity contribution in [1.82, 2.24) is 15.2 Å². The van der Waals surface area contributed by atoms with Crippen molar-refractivity contribution in [3.8, 4) is 11.3 Å². The van der Waals surface area contributed by atoms with Crippen molar-refractivity contribution in [2.24, 2.45) is 0 Å². The molecule has 0 unspecified atom stereocenters. The highest BCUT2D eigenvalue weighted by Gasteiger charge is 2.15. The fraction of sp³-hybridized carbons (Fsp3) is 0.333. The molecule has 2 aromatic rings. The van der Waals surface area contributed by atoms with Gasteiger partial charge in [-0.1, -0.05) is 13.8 Å². The average molecular weight is 236 g/mol. The first-order valence-corrected chi connectivity index (χ1v) is 5.81. The fourth-order valence-corrected chi connectivity index (χ4v) is 2.00. The Kier molecular flexibility index (Phi) is 3.25. The Balaban J connectivity index is 2.50. The predicted molar refractivity (Wildman–Crippen MR) is 65.5 cm³/mol. The van der Waals surface area contributed by atoms with Gasteiger partial charge in [0.2, 0.25) is 0 Å². The third kappa shape index (κ3) is 1.95. The number of nitrogens with one attached hydrogen (secondary N) is 1. The summed E-state index contributed by atoms with van der Waals surface area (Å²) in [7, 11) is 0. The first kappa shape index (κ1) is 11.1. The van der Waals surface area contributed by atoms with Crippen LogP contribution in [0.15, 0.2) is 24.5 Å². The molecule has 2 heterocycles. The van der Waals surface area contributed by atoms with E-state index in [1.807, 2.05) is 12.1 Å². The standard InChI is InChI=1S/C12H14ClN3/c1-8(2)11-10(6-13)12(16-15-11)9-4-3-5-14-7-9/h3-5,7-8H,6H2,1-2H3,(H,15,16). The van der Waals surface area contributed by atoms with E-state index in [-0.39, 0.29) is 0 Å². The van der Waals surface area contributed by atoms with Gasteiger partial charge in [-0.2, -0.15) is 5.10 Å². The molecule has 0 saturated carbocycles. The van der Waals surface area contributed by atoms with Gasteiger partial charge in [0.15, 0.2) is 0 Å². The molecule has 84 valence electrons. The van der Waals surface area contributed by atoms with Gasteiger partial charge in [0.05, 0.1) is 11.6 Å². The van der Waals surface area contributed by atoms with E-state index in [0.717, 1.165) is 22.5 Å². The molecule has 3 nitrogen and oxygen atoms in total. The van der Waals surface area contributed by atoms with Crippen molar-refractivity contribution in [3.05, 3.63) is 35.8 Å². The first-order chi connectivity index (χ1) is 7.74. The van der Waals surface area contributed by atoms with Crippen LogP contribution < -0.4 is 0 Å². The minimum Gasteiger partial charge on any atom is -0.281 e. The van der Waals surface area contributed by atoms with E-state index in [9.17, 15) is 0 Å². The number of halogens is 1. The normalized spacial score (nSPS) is 11.0. The van der Waals surface area contributed by atoms with Crippen molar-refractivity contribution in [1.29, 1.82) is 0 Å². The zero-order valence-corrected chi connectivity index (χ0v) is 10.1. The lowest BCUT2D eigenvalue weighted by Gasteiger charge is -2.04. The Bertz CT molecular complexity index is 462. The molecule has 0 bridgehead atoms. The Morgan fingerprint density at radius 2 is 2.25 bits per heavy atom. The quantitative estimate of drug-likeness (QED) is 0.830. The smallest absolute Gasteiger partial charge is 0.0983 e. The van der Waals surface area contributed by atoms with Crippen LogP contribution in [-0.2, 0) is 5.88 Å². The molecule has 0 aliphatic rings. The van der Waals surface area contributed by atoms with E-state index in [0.29, 0.717) is 11.8 Å². The molecule has 0 spiro atoms. The summed E-state index contributed by atoms with van der Waals surface area (Å²) in [6.07, 6.45) is 3.55.